The van der Waals surface area contributed by atoms with Crippen molar-refractivity contribution in [1.29, 1.82) is 0 Å². The number of nitrogens with zero attached hydrogens (tertiary/aromatic N) is 6. The quantitative estimate of drug-likeness (QED) is 0.398. The number of carbonyl (C=O) groups is 1. The summed E-state index contributed by atoms with van der Waals surface area (Å²) in [6, 6.07) is 12.2. The molecule has 0 radical (unpaired) electrons. The lowest BCUT2D eigenvalue weighted by molar-refractivity contribution is -0.134. The standard InChI is InChI=1S/C28H31N7O2/c1-2-37-27-16-24(30-18-31-27)21-5-6-23-25(14-21)33-26(32-23)15-22-13-19(7-8-29-22)17-34-9-11-35(12-10-34)28(36)20-3-4-20/h5-8,13-14,16,18,20H,2-4,9-12,15,17H2,1H3,(H,32,33). The molecule has 1 saturated heterocycles. The highest BCUT2D eigenvalue weighted by Crippen LogP contribution is 2.31. The lowest BCUT2D eigenvalue weighted by atomic mass is 10.1. The summed E-state index contributed by atoms with van der Waals surface area (Å²) < 4.78 is 5.51. The molecule has 6 rings (SSSR count). The largest absolute Gasteiger partial charge is 0.478 e. The molecule has 1 aromatic carbocycles. The number of piperazine rings is 1. The average Bonchev–Trinajstić information content (AvgIpc) is 3.69. The Hall–Kier alpha value is -3.85. The molecule has 37 heavy (non-hydrogen) atoms. The van der Waals surface area contributed by atoms with E-state index in [-0.39, 0.29) is 0 Å². The molecule has 1 amide bonds. The third-order valence-corrected chi connectivity index (χ3v) is 7.01. The molecular weight excluding hydrogens is 466 g/mol. The SMILES string of the molecule is CCOc1cc(-c2ccc3nc(Cc4cc(CN5CCN(C(=O)C6CC6)CC5)ccn4)[nH]c3c2)ncn1. The van der Waals surface area contributed by atoms with Crippen molar-refractivity contribution in [1.82, 2.24) is 34.7 Å². The van der Waals surface area contributed by atoms with Crippen molar-refractivity contribution in [3.05, 3.63) is 66.0 Å². The van der Waals surface area contributed by atoms with Crippen molar-refractivity contribution in [2.24, 2.45) is 5.92 Å². The lowest BCUT2D eigenvalue weighted by Gasteiger charge is -2.35. The van der Waals surface area contributed by atoms with Gasteiger partial charge in [0, 0.05) is 68.6 Å². The van der Waals surface area contributed by atoms with Crippen LogP contribution in [-0.4, -0.2) is 73.4 Å². The van der Waals surface area contributed by atoms with Crippen LogP contribution in [0.15, 0.2) is 48.9 Å². The van der Waals surface area contributed by atoms with Crippen LogP contribution in [0.1, 0.15) is 36.8 Å². The van der Waals surface area contributed by atoms with Crippen molar-refractivity contribution < 1.29 is 9.53 Å². The molecule has 1 saturated carbocycles. The van der Waals surface area contributed by atoms with Crippen LogP contribution in [0.25, 0.3) is 22.3 Å². The van der Waals surface area contributed by atoms with Crippen LogP contribution < -0.4 is 4.74 Å². The Bertz CT molecular complexity index is 1410. The zero-order chi connectivity index (χ0) is 25.2. The molecule has 9 heteroatoms. The van der Waals surface area contributed by atoms with Gasteiger partial charge in [0.05, 0.1) is 23.3 Å². The number of fused-ring (bicyclic) bond motifs is 1. The molecule has 1 aliphatic carbocycles. The summed E-state index contributed by atoms with van der Waals surface area (Å²) in [6.45, 7) is 6.86. The van der Waals surface area contributed by atoms with E-state index in [1.165, 1.54) is 11.9 Å². The first kappa shape index (κ1) is 23.5. The molecule has 0 atom stereocenters. The Balaban J connectivity index is 1.11. The van der Waals surface area contributed by atoms with Gasteiger partial charge in [-0.3, -0.25) is 14.7 Å². The molecular formula is C28H31N7O2. The minimum absolute atomic E-state index is 0.305. The maximum atomic E-state index is 12.3. The predicted octanol–water partition coefficient (Wildman–Crippen LogP) is 3.46. The van der Waals surface area contributed by atoms with E-state index in [4.69, 9.17) is 9.72 Å². The number of benzene rings is 1. The Morgan fingerprint density at radius 3 is 2.73 bits per heavy atom. The Morgan fingerprint density at radius 2 is 1.92 bits per heavy atom. The second-order valence-electron chi connectivity index (χ2n) is 9.80. The van der Waals surface area contributed by atoms with E-state index in [9.17, 15) is 4.79 Å². The van der Waals surface area contributed by atoms with Crippen LogP contribution in [0.5, 0.6) is 5.88 Å². The van der Waals surface area contributed by atoms with Gasteiger partial charge in [-0.05, 0) is 49.6 Å². The van der Waals surface area contributed by atoms with Gasteiger partial charge in [-0.25, -0.2) is 15.0 Å². The smallest absolute Gasteiger partial charge is 0.225 e. The van der Waals surface area contributed by atoms with E-state index in [0.717, 1.165) is 79.4 Å². The highest BCUT2D eigenvalue weighted by Gasteiger charge is 2.34. The molecule has 0 spiro atoms. The summed E-state index contributed by atoms with van der Waals surface area (Å²) in [7, 11) is 0. The Labute approximate surface area is 215 Å². The van der Waals surface area contributed by atoms with Crippen molar-refractivity contribution in [3.8, 4) is 17.1 Å². The molecule has 2 fully saturated rings. The number of carbonyl (C=O) groups excluding carboxylic acids is 1. The van der Waals surface area contributed by atoms with E-state index in [1.54, 1.807) is 0 Å². The van der Waals surface area contributed by atoms with Crippen LogP contribution in [0.4, 0.5) is 0 Å². The summed E-state index contributed by atoms with van der Waals surface area (Å²) in [5.41, 5.74) is 5.87. The fraction of sp³-hybridized carbons (Fsp3) is 0.393. The molecule has 2 aliphatic rings. The Morgan fingerprint density at radius 1 is 1.05 bits per heavy atom. The minimum atomic E-state index is 0.305. The number of pyridine rings is 1. The van der Waals surface area contributed by atoms with E-state index in [0.29, 0.717) is 30.7 Å². The van der Waals surface area contributed by atoms with Gasteiger partial charge in [-0.15, -0.1) is 0 Å². The van der Waals surface area contributed by atoms with Crippen molar-refractivity contribution in [2.75, 3.05) is 32.8 Å². The molecule has 9 nitrogen and oxygen atoms in total. The number of H-pyrrole nitrogens is 1. The van der Waals surface area contributed by atoms with Crippen molar-refractivity contribution in [2.45, 2.75) is 32.7 Å². The summed E-state index contributed by atoms with van der Waals surface area (Å²) in [6.07, 6.45) is 6.17. The number of hydrogen-bond donors (Lipinski definition) is 1. The van der Waals surface area contributed by atoms with Gasteiger partial charge >= 0.3 is 0 Å². The second-order valence-corrected chi connectivity index (χ2v) is 9.80. The van der Waals surface area contributed by atoms with Gasteiger partial charge in [0.2, 0.25) is 11.8 Å². The van der Waals surface area contributed by atoms with E-state index in [1.807, 2.05) is 36.2 Å². The van der Waals surface area contributed by atoms with Crippen LogP contribution in [-0.2, 0) is 17.8 Å². The normalized spacial score (nSPS) is 16.3. The number of hydrogen-bond acceptors (Lipinski definition) is 7. The Kier molecular flexibility index (Phi) is 6.53. The summed E-state index contributed by atoms with van der Waals surface area (Å²) in [5.74, 6) is 2.11. The fourth-order valence-electron chi connectivity index (χ4n) is 4.90. The first-order valence-electron chi connectivity index (χ1n) is 13.0. The third kappa shape index (κ3) is 5.46. The topological polar surface area (TPSA) is 100 Å². The first-order chi connectivity index (χ1) is 18.1. The minimum Gasteiger partial charge on any atom is -0.478 e. The zero-order valence-corrected chi connectivity index (χ0v) is 21.1. The molecule has 1 N–H and O–H groups in total. The number of aromatic amines is 1. The van der Waals surface area contributed by atoms with Crippen LogP contribution in [0.3, 0.4) is 0 Å². The average molecular weight is 498 g/mol. The summed E-state index contributed by atoms with van der Waals surface area (Å²) >= 11 is 0. The second kappa shape index (κ2) is 10.3. The maximum absolute atomic E-state index is 12.3. The highest BCUT2D eigenvalue weighted by atomic mass is 16.5. The van der Waals surface area contributed by atoms with E-state index >= 15 is 0 Å². The number of rotatable bonds is 8. The van der Waals surface area contributed by atoms with Gasteiger partial charge < -0.3 is 14.6 Å². The molecule has 190 valence electrons. The van der Waals surface area contributed by atoms with Gasteiger partial charge in [-0.2, -0.15) is 0 Å². The molecule has 3 aromatic heterocycles. The third-order valence-electron chi connectivity index (χ3n) is 7.01. The first-order valence-corrected chi connectivity index (χ1v) is 13.0. The molecule has 0 bridgehead atoms. The molecule has 4 heterocycles. The molecule has 0 unspecified atom stereocenters. The van der Waals surface area contributed by atoms with Crippen LogP contribution in [0, 0.1) is 5.92 Å². The lowest BCUT2D eigenvalue weighted by Crippen LogP contribution is -2.48. The summed E-state index contributed by atoms with van der Waals surface area (Å²) in [5, 5.41) is 0. The van der Waals surface area contributed by atoms with Crippen LogP contribution >= 0.6 is 0 Å². The number of imidazole rings is 1. The highest BCUT2D eigenvalue weighted by molar-refractivity contribution is 5.81. The van der Waals surface area contributed by atoms with Gasteiger partial charge in [0.25, 0.3) is 0 Å². The predicted molar refractivity (Wildman–Crippen MR) is 140 cm³/mol. The number of aromatic nitrogens is 5. The monoisotopic (exact) mass is 497 g/mol. The number of ether oxygens (including phenoxy) is 1. The zero-order valence-electron chi connectivity index (χ0n) is 21.1. The molecule has 4 aromatic rings. The van der Waals surface area contributed by atoms with Gasteiger partial charge in [0.15, 0.2) is 0 Å². The molecule has 1 aliphatic heterocycles. The fourth-order valence-corrected chi connectivity index (χ4v) is 4.90. The van der Waals surface area contributed by atoms with Crippen LogP contribution in [0.2, 0.25) is 0 Å². The van der Waals surface area contributed by atoms with Gasteiger partial charge in [0.1, 0.15) is 12.2 Å². The van der Waals surface area contributed by atoms with Crippen molar-refractivity contribution in [3.63, 3.8) is 0 Å². The summed E-state index contributed by atoms with van der Waals surface area (Å²) in [4.78, 5) is 38.1. The number of nitrogens with one attached hydrogen (secondary N) is 1. The van der Waals surface area contributed by atoms with Gasteiger partial charge in [-0.1, -0.05) is 6.07 Å². The number of amides is 1. The van der Waals surface area contributed by atoms with Crippen molar-refractivity contribution >= 4 is 16.9 Å². The van der Waals surface area contributed by atoms with E-state index in [2.05, 4.69) is 43.0 Å². The van der Waals surface area contributed by atoms with E-state index < -0.39 is 0 Å². The maximum Gasteiger partial charge on any atom is 0.225 e.